The monoisotopic (exact) mass is 339 g/mol. The molecule has 0 fully saturated rings. The van der Waals surface area contributed by atoms with E-state index in [9.17, 15) is 0 Å². The van der Waals surface area contributed by atoms with Crippen molar-refractivity contribution in [3.63, 3.8) is 0 Å². The Bertz CT molecular complexity index is 586. The number of halogens is 2. The minimum Gasteiger partial charge on any atom is -0.495 e. The van der Waals surface area contributed by atoms with Gasteiger partial charge in [0.2, 0.25) is 0 Å². The zero-order valence-electron chi connectivity index (χ0n) is 10.8. The van der Waals surface area contributed by atoms with Gasteiger partial charge in [-0.2, -0.15) is 0 Å². The van der Waals surface area contributed by atoms with Crippen LogP contribution in [0.2, 0.25) is 5.02 Å². The van der Waals surface area contributed by atoms with E-state index < -0.39 is 0 Å². The Kier molecular flexibility index (Phi) is 4.72. The SMILES string of the molecule is COc1ccc(Br)cc1NCc1ccc(Cl)cc1C. The van der Waals surface area contributed by atoms with Gasteiger partial charge in [-0.15, -0.1) is 0 Å². The summed E-state index contributed by atoms with van der Waals surface area (Å²) in [5, 5.41) is 4.15. The molecule has 0 amide bonds. The van der Waals surface area contributed by atoms with Crippen molar-refractivity contribution < 1.29 is 4.74 Å². The Hall–Kier alpha value is -1.19. The smallest absolute Gasteiger partial charge is 0.142 e. The van der Waals surface area contributed by atoms with E-state index in [2.05, 4.69) is 28.2 Å². The highest BCUT2D eigenvalue weighted by molar-refractivity contribution is 9.10. The molecule has 100 valence electrons. The number of rotatable bonds is 4. The van der Waals surface area contributed by atoms with Crippen molar-refractivity contribution in [1.29, 1.82) is 0 Å². The summed E-state index contributed by atoms with van der Waals surface area (Å²) < 4.78 is 6.35. The van der Waals surface area contributed by atoms with Crippen molar-refractivity contribution in [2.75, 3.05) is 12.4 Å². The number of benzene rings is 2. The van der Waals surface area contributed by atoms with Gasteiger partial charge in [-0.25, -0.2) is 0 Å². The third-order valence-electron chi connectivity index (χ3n) is 2.94. The molecule has 0 heterocycles. The molecule has 4 heteroatoms. The standard InChI is InChI=1S/C15H15BrClNO/c1-10-7-13(17)5-3-11(10)9-18-14-8-12(16)4-6-15(14)19-2/h3-8,18H,9H2,1-2H3. The summed E-state index contributed by atoms with van der Waals surface area (Å²) in [5.41, 5.74) is 3.35. The van der Waals surface area contributed by atoms with Crippen LogP contribution in [-0.4, -0.2) is 7.11 Å². The van der Waals surface area contributed by atoms with Gasteiger partial charge in [-0.3, -0.25) is 0 Å². The average molecular weight is 341 g/mol. The van der Waals surface area contributed by atoms with E-state index in [1.165, 1.54) is 11.1 Å². The molecule has 0 aliphatic rings. The van der Waals surface area contributed by atoms with E-state index in [-0.39, 0.29) is 0 Å². The predicted molar refractivity (Wildman–Crippen MR) is 84.2 cm³/mol. The average Bonchev–Trinajstić information content (AvgIpc) is 2.38. The van der Waals surface area contributed by atoms with Crippen molar-refractivity contribution in [3.8, 4) is 5.75 Å². The van der Waals surface area contributed by atoms with Gasteiger partial charge in [0.1, 0.15) is 5.75 Å². The molecule has 2 aromatic carbocycles. The van der Waals surface area contributed by atoms with Gasteiger partial charge >= 0.3 is 0 Å². The number of ether oxygens (including phenoxy) is 1. The van der Waals surface area contributed by atoms with Crippen LogP contribution in [0.25, 0.3) is 0 Å². The summed E-state index contributed by atoms with van der Waals surface area (Å²) in [5.74, 6) is 0.829. The van der Waals surface area contributed by atoms with E-state index in [1.54, 1.807) is 7.11 Å². The first kappa shape index (κ1) is 14.2. The summed E-state index contributed by atoms with van der Waals surface area (Å²) in [6.07, 6.45) is 0. The summed E-state index contributed by atoms with van der Waals surface area (Å²) in [4.78, 5) is 0. The highest BCUT2D eigenvalue weighted by Crippen LogP contribution is 2.28. The Morgan fingerprint density at radius 1 is 1.21 bits per heavy atom. The molecule has 0 unspecified atom stereocenters. The van der Waals surface area contributed by atoms with Crippen LogP contribution in [0.15, 0.2) is 40.9 Å². The molecule has 0 saturated carbocycles. The van der Waals surface area contributed by atoms with Crippen LogP contribution in [0.1, 0.15) is 11.1 Å². The molecule has 0 aliphatic carbocycles. The first-order valence-corrected chi connectivity index (χ1v) is 7.09. The fourth-order valence-corrected chi connectivity index (χ4v) is 2.45. The van der Waals surface area contributed by atoms with Crippen LogP contribution >= 0.6 is 27.5 Å². The molecule has 2 rings (SSSR count). The lowest BCUT2D eigenvalue weighted by molar-refractivity contribution is 0.416. The molecule has 0 bridgehead atoms. The second-order valence-electron chi connectivity index (χ2n) is 4.27. The fraction of sp³-hybridized carbons (Fsp3) is 0.200. The lowest BCUT2D eigenvalue weighted by Gasteiger charge is -2.13. The zero-order chi connectivity index (χ0) is 13.8. The Labute approximate surface area is 126 Å². The molecule has 0 spiro atoms. The predicted octanol–water partition coefficient (Wildman–Crippen LogP) is 5.03. The quantitative estimate of drug-likeness (QED) is 0.842. The molecule has 0 aromatic heterocycles. The maximum Gasteiger partial charge on any atom is 0.142 e. The van der Waals surface area contributed by atoms with Gasteiger partial charge in [0.05, 0.1) is 12.8 Å². The molecule has 0 aliphatic heterocycles. The summed E-state index contributed by atoms with van der Waals surface area (Å²) >= 11 is 9.42. The van der Waals surface area contributed by atoms with E-state index >= 15 is 0 Å². The maximum absolute atomic E-state index is 5.96. The van der Waals surface area contributed by atoms with Crippen molar-refractivity contribution in [2.45, 2.75) is 13.5 Å². The van der Waals surface area contributed by atoms with Gasteiger partial charge < -0.3 is 10.1 Å². The normalized spacial score (nSPS) is 10.3. The third-order valence-corrected chi connectivity index (χ3v) is 3.66. The molecule has 1 N–H and O–H groups in total. The highest BCUT2D eigenvalue weighted by atomic mass is 79.9. The van der Waals surface area contributed by atoms with E-state index in [0.29, 0.717) is 0 Å². The number of hydrogen-bond acceptors (Lipinski definition) is 2. The molecule has 19 heavy (non-hydrogen) atoms. The Balaban J connectivity index is 2.16. The second-order valence-corrected chi connectivity index (χ2v) is 5.62. The minimum absolute atomic E-state index is 0.732. The molecule has 0 radical (unpaired) electrons. The van der Waals surface area contributed by atoms with E-state index in [1.807, 2.05) is 36.4 Å². The highest BCUT2D eigenvalue weighted by Gasteiger charge is 2.05. The van der Waals surface area contributed by atoms with Crippen LogP contribution in [0.4, 0.5) is 5.69 Å². The molecular formula is C15H15BrClNO. The zero-order valence-corrected chi connectivity index (χ0v) is 13.2. The number of methoxy groups -OCH3 is 1. The first-order chi connectivity index (χ1) is 9.10. The lowest BCUT2D eigenvalue weighted by Crippen LogP contribution is -2.03. The van der Waals surface area contributed by atoms with Crippen LogP contribution in [0.5, 0.6) is 5.75 Å². The second kappa shape index (κ2) is 6.31. The number of nitrogens with one attached hydrogen (secondary N) is 1. The molecule has 0 saturated heterocycles. The number of hydrogen-bond donors (Lipinski definition) is 1. The summed E-state index contributed by atoms with van der Waals surface area (Å²) in [6, 6.07) is 11.8. The topological polar surface area (TPSA) is 21.3 Å². The minimum atomic E-state index is 0.732. The Morgan fingerprint density at radius 3 is 2.68 bits per heavy atom. The van der Waals surface area contributed by atoms with Gasteiger partial charge in [-0.05, 0) is 48.4 Å². The number of aryl methyl sites for hydroxylation is 1. The maximum atomic E-state index is 5.96. The van der Waals surface area contributed by atoms with Crippen molar-refractivity contribution in [3.05, 3.63) is 57.0 Å². The number of anilines is 1. The van der Waals surface area contributed by atoms with Gasteiger partial charge in [0.15, 0.2) is 0 Å². The van der Waals surface area contributed by atoms with Gasteiger partial charge in [0.25, 0.3) is 0 Å². The largest absolute Gasteiger partial charge is 0.495 e. The van der Waals surface area contributed by atoms with E-state index in [0.717, 1.165) is 27.5 Å². The first-order valence-electron chi connectivity index (χ1n) is 5.92. The third kappa shape index (κ3) is 3.64. The fourth-order valence-electron chi connectivity index (χ4n) is 1.87. The van der Waals surface area contributed by atoms with Crippen molar-refractivity contribution in [2.24, 2.45) is 0 Å². The lowest BCUT2D eigenvalue weighted by atomic mass is 10.1. The van der Waals surface area contributed by atoms with Gasteiger partial charge in [-0.1, -0.05) is 33.6 Å². The van der Waals surface area contributed by atoms with Crippen LogP contribution in [-0.2, 0) is 6.54 Å². The van der Waals surface area contributed by atoms with Crippen molar-refractivity contribution >= 4 is 33.2 Å². The summed E-state index contributed by atoms with van der Waals surface area (Å²) in [6.45, 7) is 2.79. The van der Waals surface area contributed by atoms with Gasteiger partial charge in [0, 0.05) is 16.0 Å². The Morgan fingerprint density at radius 2 is 2.00 bits per heavy atom. The van der Waals surface area contributed by atoms with Crippen LogP contribution in [0.3, 0.4) is 0 Å². The molecule has 2 nitrogen and oxygen atoms in total. The van der Waals surface area contributed by atoms with Crippen molar-refractivity contribution in [1.82, 2.24) is 0 Å². The van der Waals surface area contributed by atoms with Crippen LogP contribution < -0.4 is 10.1 Å². The summed E-state index contributed by atoms with van der Waals surface area (Å²) in [7, 11) is 1.67. The van der Waals surface area contributed by atoms with E-state index in [4.69, 9.17) is 16.3 Å². The molecule has 2 aromatic rings. The molecule has 0 atom stereocenters. The molecular weight excluding hydrogens is 326 g/mol. The van der Waals surface area contributed by atoms with Crippen LogP contribution in [0, 0.1) is 6.92 Å².